The van der Waals surface area contributed by atoms with Crippen molar-refractivity contribution in [1.82, 2.24) is 0 Å². The highest BCUT2D eigenvalue weighted by Gasteiger charge is 2.77. The van der Waals surface area contributed by atoms with Gasteiger partial charge >= 0.3 is 5.97 Å². The fraction of sp³-hybridized carbons (Fsp3) is 0.741. The third-order valence-electron chi connectivity index (χ3n) is 9.75. The van der Waals surface area contributed by atoms with Crippen molar-refractivity contribution >= 4 is 17.5 Å². The lowest BCUT2D eigenvalue weighted by atomic mass is 9.44. The highest BCUT2D eigenvalue weighted by molar-refractivity contribution is 6.01. The Hall–Kier alpha value is -1.86. The number of hydrogen-bond donors (Lipinski definition) is 2. The molecule has 4 aliphatic rings. The fourth-order valence-electron chi connectivity index (χ4n) is 8.07. The number of rotatable bonds is 6. The number of Topliss-reactive ketones (excluding diaryl/α,β-unsaturated/α-hetero) is 1. The van der Waals surface area contributed by atoms with Crippen LogP contribution in [0.15, 0.2) is 23.8 Å². The Morgan fingerprint density at radius 2 is 1.97 bits per heavy atom. The number of ether oxygens (including phenoxy) is 1. The molecular weight excluding hydrogens is 439 g/mol. The minimum Gasteiger partial charge on any atom is -0.450 e. The molecule has 0 saturated heterocycles. The SMILES string of the molecule is CCCCC(=O)O[C@]1(C(=O)CO)[C@@H](C)C[C@@H]2[C@H]3CCC4=CC(=O)C=C[C@]4(C)[C@@]3(F)[C@@H](O)C[C@@]21C. The van der Waals surface area contributed by atoms with Gasteiger partial charge in [0.1, 0.15) is 6.61 Å². The van der Waals surface area contributed by atoms with Crippen LogP contribution in [0.5, 0.6) is 0 Å². The maximum Gasteiger partial charge on any atom is 0.306 e. The van der Waals surface area contributed by atoms with Crippen LogP contribution in [-0.2, 0) is 19.1 Å². The lowest BCUT2D eigenvalue weighted by Gasteiger charge is -2.62. The van der Waals surface area contributed by atoms with Gasteiger partial charge in [-0.3, -0.25) is 14.4 Å². The van der Waals surface area contributed by atoms with Gasteiger partial charge in [0.25, 0.3) is 0 Å². The normalized spacial score (nSPS) is 45.1. The van der Waals surface area contributed by atoms with Gasteiger partial charge in [0.15, 0.2) is 17.1 Å². The van der Waals surface area contributed by atoms with Gasteiger partial charge in [-0.1, -0.05) is 38.8 Å². The summed E-state index contributed by atoms with van der Waals surface area (Å²) in [5, 5.41) is 21.4. The molecule has 0 unspecified atom stereocenters. The zero-order valence-electron chi connectivity index (χ0n) is 20.6. The fourth-order valence-corrected chi connectivity index (χ4v) is 8.07. The van der Waals surface area contributed by atoms with E-state index in [0.717, 1.165) is 6.42 Å². The number of fused-ring (bicyclic) bond motifs is 5. The Labute approximate surface area is 200 Å². The first-order valence-corrected chi connectivity index (χ1v) is 12.6. The molecule has 2 N–H and O–H groups in total. The van der Waals surface area contributed by atoms with Crippen molar-refractivity contribution in [2.75, 3.05) is 6.61 Å². The Balaban J connectivity index is 1.80. The zero-order chi connectivity index (χ0) is 25.1. The number of hydrogen-bond acceptors (Lipinski definition) is 6. The average Bonchev–Trinajstić information content (AvgIpc) is 3.00. The van der Waals surface area contributed by atoms with E-state index in [1.54, 1.807) is 13.0 Å². The maximum atomic E-state index is 17.3. The average molecular weight is 477 g/mol. The van der Waals surface area contributed by atoms with Gasteiger partial charge in [0, 0.05) is 29.1 Å². The molecule has 34 heavy (non-hydrogen) atoms. The van der Waals surface area contributed by atoms with Gasteiger partial charge in [-0.2, -0.15) is 0 Å². The number of carbonyl (C=O) groups is 3. The van der Waals surface area contributed by atoms with Crippen molar-refractivity contribution in [2.24, 2.45) is 28.6 Å². The summed E-state index contributed by atoms with van der Waals surface area (Å²) < 4.78 is 23.3. The molecule has 0 radical (unpaired) electrons. The number of aliphatic hydroxyl groups excluding tert-OH is 2. The van der Waals surface area contributed by atoms with Gasteiger partial charge < -0.3 is 14.9 Å². The lowest BCUT2D eigenvalue weighted by Crippen LogP contribution is -2.70. The molecule has 0 aromatic heterocycles. The van der Waals surface area contributed by atoms with E-state index in [2.05, 4.69) is 0 Å². The quantitative estimate of drug-likeness (QED) is 0.568. The van der Waals surface area contributed by atoms with Crippen molar-refractivity contribution in [3.05, 3.63) is 23.8 Å². The highest BCUT2D eigenvalue weighted by Crippen LogP contribution is 2.71. The number of ketones is 2. The summed E-state index contributed by atoms with van der Waals surface area (Å²) in [6.07, 6.45) is 5.92. The molecule has 4 rings (SSSR count). The summed E-state index contributed by atoms with van der Waals surface area (Å²) in [7, 11) is 0. The second kappa shape index (κ2) is 8.37. The first-order valence-electron chi connectivity index (χ1n) is 12.6. The minimum atomic E-state index is -2.03. The number of esters is 1. The second-order valence-electron chi connectivity index (χ2n) is 11.3. The third kappa shape index (κ3) is 3.08. The van der Waals surface area contributed by atoms with E-state index in [1.165, 1.54) is 12.2 Å². The predicted molar refractivity (Wildman–Crippen MR) is 123 cm³/mol. The van der Waals surface area contributed by atoms with Crippen LogP contribution in [0, 0.1) is 28.6 Å². The molecule has 0 aromatic rings. The molecule has 188 valence electrons. The zero-order valence-corrected chi connectivity index (χ0v) is 20.6. The van der Waals surface area contributed by atoms with Crippen molar-refractivity contribution in [3.8, 4) is 0 Å². The summed E-state index contributed by atoms with van der Waals surface area (Å²) in [6.45, 7) is 6.55. The number of aliphatic hydroxyl groups is 2. The summed E-state index contributed by atoms with van der Waals surface area (Å²) in [5.41, 5.74) is -5.11. The molecule has 0 spiro atoms. The minimum absolute atomic E-state index is 0.0769. The maximum absolute atomic E-state index is 17.3. The molecule has 0 amide bonds. The molecule has 8 atom stereocenters. The number of carbonyl (C=O) groups excluding carboxylic acids is 3. The van der Waals surface area contributed by atoms with Gasteiger partial charge in [0.05, 0.1) is 6.10 Å². The predicted octanol–water partition coefficient (Wildman–Crippen LogP) is 3.64. The molecule has 4 aliphatic carbocycles. The topological polar surface area (TPSA) is 101 Å². The summed E-state index contributed by atoms with van der Waals surface area (Å²) >= 11 is 0. The molecule has 0 aromatic carbocycles. The molecule has 6 nitrogen and oxygen atoms in total. The van der Waals surface area contributed by atoms with Crippen LogP contribution in [0.25, 0.3) is 0 Å². The van der Waals surface area contributed by atoms with E-state index >= 15 is 4.39 Å². The Kier molecular flexibility index (Phi) is 6.21. The first-order chi connectivity index (χ1) is 15.9. The molecule has 0 aliphatic heterocycles. The van der Waals surface area contributed by atoms with Gasteiger partial charge in [-0.05, 0) is 57.1 Å². The summed E-state index contributed by atoms with van der Waals surface area (Å²) in [6, 6.07) is 0. The highest BCUT2D eigenvalue weighted by atomic mass is 19.1. The number of alkyl halides is 1. The van der Waals surface area contributed by atoms with Crippen LogP contribution in [0.2, 0.25) is 0 Å². The van der Waals surface area contributed by atoms with Crippen LogP contribution < -0.4 is 0 Å². The van der Waals surface area contributed by atoms with Crippen LogP contribution >= 0.6 is 0 Å². The van der Waals surface area contributed by atoms with E-state index in [9.17, 15) is 24.6 Å². The van der Waals surface area contributed by atoms with Crippen molar-refractivity contribution in [2.45, 2.75) is 90.0 Å². The number of unbranched alkanes of at least 4 members (excludes halogenated alkanes) is 1. The Morgan fingerprint density at radius 1 is 1.26 bits per heavy atom. The first kappa shape index (κ1) is 25.2. The second-order valence-corrected chi connectivity index (χ2v) is 11.3. The largest absolute Gasteiger partial charge is 0.450 e. The van der Waals surface area contributed by atoms with Crippen LogP contribution in [0.4, 0.5) is 4.39 Å². The van der Waals surface area contributed by atoms with Gasteiger partial charge in [-0.25, -0.2) is 4.39 Å². The molecule has 0 bridgehead atoms. The lowest BCUT2D eigenvalue weighted by molar-refractivity contribution is -0.228. The number of allylic oxidation sites excluding steroid dienone is 4. The Morgan fingerprint density at radius 3 is 2.62 bits per heavy atom. The Bertz CT molecular complexity index is 957. The van der Waals surface area contributed by atoms with E-state index < -0.39 is 58.4 Å². The van der Waals surface area contributed by atoms with Gasteiger partial charge in [-0.15, -0.1) is 0 Å². The van der Waals surface area contributed by atoms with E-state index in [1.807, 2.05) is 20.8 Å². The number of halogens is 1. The van der Waals surface area contributed by atoms with Crippen LogP contribution in [0.3, 0.4) is 0 Å². The van der Waals surface area contributed by atoms with E-state index in [4.69, 9.17) is 4.74 Å². The van der Waals surface area contributed by atoms with Gasteiger partial charge in [0.2, 0.25) is 5.78 Å². The summed E-state index contributed by atoms with van der Waals surface area (Å²) in [4.78, 5) is 38.1. The van der Waals surface area contributed by atoms with Crippen molar-refractivity contribution in [3.63, 3.8) is 0 Å². The smallest absolute Gasteiger partial charge is 0.306 e. The van der Waals surface area contributed by atoms with Crippen molar-refractivity contribution < 1.29 is 33.7 Å². The molecule has 3 saturated carbocycles. The summed E-state index contributed by atoms with van der Waals surface area (Å²) in [5.74, 6) is -2.62. The third-order valence-corrected chi connectivity index (χ3v) is 9.75. The van der Waals surface area contributed by atoms with E-state index in [0.29, 0.717) is 31.3 Å². The molecular formula is C27H37FO6. The van der Waals surface area contributed by atoms with Crippen molar-refractivity contribution in [1.29, 1.82) is 0 Å². The standard InChI is InChI=1S/C27H37FO6/c1-5-6-7-23(33)34-27(22(32)15-29)16(2)12-20-19-9-8-17-13-18(30)10-11-24(17,3)26(19,28)21(31)14-25(20,27)4/h10-11,13,16,19-21,29,31H,5-9,12,14-15H2,1-4H3/t16-,19+,20+,21-,24-,25-,26-,27-/m0/s1. The molecule has 7 heteroatoms. The molecule has 3 fully saturated rings. The van der Waals surface area contributed by atoms with Crippen LogP contribution in [0.1, 0.15) is 72.6 Å². The monoisotopic (exact) mass is 476 g/mol. The molecule has 0 heterocycles. The van der Waals surface area contributed by atoms with E-state index in [-0.39, 0.29) is 24.5 Å². The van der Waals surface area contributed by atoms with Crippen LogP contribution in [-0.4, -0.2) is 51.7 Å².